The van der Waals surface area contributed by atoms with Crippen LogP contribution in [0.5, 0.6) is 5.75 Å². The van der Waals surface area contributed by atoms with Crippen LogP contribution in [-0.4, -0.2) is 7.11 Å². The Morgan fingerprint density at radius 3 is 2.42 bits per heavy atom. The van der Waals surface area contributed by atoms with Crippen LogP contribution in [0, 0.1) is 5.82 Å². The van der Waals surface area contributed by atoms with Gasteiger partial charge in [0.2, 0.25) is 0 Å². The number of hydrogen-bond donors (Lipinski definition) is 1. The Labute approximate surface area is 117 Å². The molecule has 0 bridgehead atoms. The summed E-state index contributed by atoms with van der Waals surface area (Å²) < 4.78 is 18.2. The molecule has 2 aromatic carbocycles. The number of anilines is 1. The monoisotopic (exact) mass is 279 g/mol. The highest BCUT2D eigenvalue weighted by atomic mass is 35.5. The number of rotatable bonds is 4. The third-order valence-corrected chi connectivity index (χ3v) is 3.21. The number of benzene rings is 2. The molecule has 19 heavy (non-hydrogen) atoms. The summed E-state index contributed by atoms with van der Waals surface area (Å²) in [6, 6.07) is 12.4. The lowest BCUT2D eigenvalue weighted by Gasteiger charge is -2.16. The molecule has 0 aromatic heterocycles. The van der Waals surface area contributed by atoms with Crippen molar-refractivity contribution in [2.45, 2.75) is 13.0 Å². The van der Waals surface area contributed by atoms with Crippen molar-refractivity contribution in [3.05, 3.63) is 58.9 Å². The van der Waals surface area contributed by atoms with Gasteiger partial charge in [-0.25, -0.2) is 4.39 Å². The first-order valence-corrected chi connectivity index (χ1v) is 6.33. The number of hydrogen-bond acceptors (Lipinski definition) is 2. The number of methoxy groups -OCH3 is 1. The zero-order valence-corrected chi connectivity index (χ0v) is 11.5. The molecule has 1 unspecified atom stereocenters. The van der Waals surface area contributed by atoms with E-state index in [1.807, 2.05) is 31.2 Å². The minimum Gasteiger partial charge on any atom is -0.497 e. The maximum atomic E-state index is 13.1. The largest absolute Gasteiger partial charge is 0.497 e. The molecule has 0 amide bonds. The molecule has 1 N–H and O–H groups in total. The molecule has 0 saturated carbocycles. The summed E-state index contributed by atoms with van der Waals surface area (Å²) >= 11 is 5.78. The number of nitrogens with one attached hydrogen (secondary N) is 1. The van der Waals surface area contributed by atoms with Gasteiger partial charge in [0, 0.05) is 11.7 Å². The van der Waals surface area contributed by atoms with Crippen molar-refractivity contribution >= 4 is 17.3 Å². The highest BCUT2D eigenvalue weighted by Crippen LogP contribution is 2.24. The summed E-state index contributed by atoms with van der Waals surface area (Å²) in [6.07, 6.45) is 0. The Kier molecular flexibility index (Phi) is 4.27. The Morgan fingerprint density at radius 1 is 1.16 bits per heavy atom. The summed E-state index contributed by atoms with van der Waals surface area (Å²) in [5.74, 6) is 0.407. The van der Waals surface area contributed by atoms with Crippen LogP contribution >= 0.6 is 11.6 Å². The van der Waals surface area contributed by atoms with E-state index in [2.05, 4.69) is 5.32 Å². The van der Waals surface area contributed by atoms with E-state index < -0.39 is 5.82 Å². The van der Waals surface area contributed by atoms with Crippen LogP contribution in [0.3, 0.4) is 0 Å². The third-order valence-electron chi connectivity index (χ3n) is 2.92. The number of halogens is 2. The van der Waals surface area contributed by atoms with Gasteiger partial charge in [-0.2, -0.15) is 0 Å². The van der Waals surface area contributed by atoms with E-state index in [-0.39, 0.29) is 11.1 Å². The second-order valence-corrected chi connectivity index (χ2v) is 4.68. The van der Waals surface area contributed by atoms with Crippen LogP contribution in [0.15, 0.2) is 42.5 Å². The molecule has 2 nitrogen and oxygen atoms in total. The Hall–Kier alpha value is -1.74. The molecule has 0 saturated heterocycles. The smallest absolute Gasteiger partial charge is 0.141 e. The van der Waals surface area contributed by atoms with Gasteiger partial charge >= 0.3 is 0 Å². The van der Waals surface area contributed by atoms with E-state index in [4.69, 9.17) is 16.3 Å². The van der Waals surface area contributed by atoms with Gasteiger partial charge in [-0.1, -0.05) is 17.7 Å². The van der Waals surface area contributed by atoms with Crippen molar-refractivity contribution in [3.8, 4) is 5.75 Å². The predicted octanol–water partition coefficient (Wildman–Crippen LogP) is 4.66. The summed E-state index contributed by atoms with van der Waals surface area (Å²) in [5.41, 5.74) is 1.90. The maximum Gasteiger partial charge on any atom is 0.141 e. The van der Waals surface area contributed by atoms with Gasteiger partial charge in [-0.05, 0) is 48.9 Å². The molecule has 0 spiro atoms. The highest BCUT2D eigenvalue weighted by Gasteiger charge is 2.08. The first-order valence-electron chi connectivity index (χ1n) is 5.95. The molecule has 4 heteroatoms. The minimum atomic E-state index is -0.401. The molecular formula is C15H15ClFNO. The van der Waals surface area contributed by atoms with E-state index in [0.717, 1.165) is 17.0 Å². The van der Waals surface area contributed by atoms with Gasteiger partial charge in [0.1, 0.15) is 11.6 Å². The predicted molar refractivity (Wildman–Crippen MR) is 76.4 cm³/mol. The van der Waals surface area contributed by atoms with E-state index in [9.17, 15) is 4.39 Å². The summed E-state index contributed by atoms with van der Waals surface area (Å²) in [4.78, 5) is 0. The zero-order valence-electron chi connectivity index (χ0n) is 10.8. The fourth-order valence-electron chi connectivity index (χ4n) is 1.80. The Balaban J connectivity index is 2.10. The molecular weight excluding hydrogens is 265 g/mol. The van der Waals surface area contributed by atoms with Crippen LogP contribution in [0.25, 0.3) is 0 Å². The lowest BCUT2D eigenvalue weighted by Crippen LogP contribution is -2.06. The zero-order chi connectivity index (χ0) is 13.8. The molecule has 0 aliphatic carbocycles. The van der Waals surface area contributed by atoms with Crippen molar-refractivity contribution in [2.75, 3.05) is 12.4 Å². The molecule has 0 heterocycles. The van der Waals surface area contributed by atoms with Crippen LogP contribution < -0.4 is 10.1 Å². The topological polar surface area (TPSA) is 21.3 Å². The number of ether oxygens (including phenoxy) is 1. The van der Waals surface area contributed by atoms with Gasteiger partial charge < -0.3 is 10.1 Å². The second-order valence-electron chi connectivity index (χ2n) is 4.27. The van der Waals surface area contributed by atoms with Gasteiger partial charge in [-0.15, -0.1) is 0 Å². The lowest BCUT2D eigenvalue weighted by molar-refractivity contribution is 0.415. The van der Waals surface area contributed by atoms with Crippen LogP contribution in [0.1, 0.15) is 18.5 Å². The van der Waals surface area contributed by atoms with E-state index in [0.29, 0.717) is 0 Å². The van der Waals surface area contributed by atoms with E-state index in [1.54, 1.807) is 19.2 Å². The molecule has 0 radical (unpaired) electrons. The molecule has 0 aliphatic rings. The van der Waals surface area contributed by atoms with Crippen molar-refractivity contribution < 1.29 is 9.13 Å². The summed E-state index contributed by atoms with van der Waals surface area (Å²) in [6.45, 7) is 1.99. The first-order chi connectivity index (χ1) is 9.10. The average Bonchev–Trinajstić information content (AvgIpc) is 2.42. The molecule has 0 fully saturated rings. The fourth-order valence-corrected chi connectivity index (χ4v) is 1.99. The van der Waals surface area contributed by atoms with Crippen molar-refractivity contribution in [3.63, 3.8) is 0 Å². The lowest BCUT2D eigenvalue weighted by atomic mass is 10.1. The minimum absolute atomic E-state index is 0.0338. The molecule has 1 atom stereocenters. The second kappa shape index (κ2) is 5.93. The van der Waals surface area contributed by atoms with Crippen molar-refractivity contribution in [2.24, 2.45) is 0 Å². The summed E-state index contributed by atoms with van der Waals surface area (Å²) in [7, 11) is 1.63. The quantitative estimate of drug-likeness (QED) is 0.879. The fraction of sp³-hybridized carbons (Fsp3) is 0.200. The van der Waals surface area contributed by atoms with Crippen LogP contribution in [0.2, 0.25) is 5.02 Å². The van der Waals surface area contributed by atoms with E-state index >= 15 is 0 Å². The average molecular weight is 280 g/mol. The first kappa shape index (κ1) is 13.7. The standard InChI is InChI=1S/C15H15ClFNO/c1-10(11-3-8-15(17)14(16)9-11)18-12-4-6-13(19-2)7-5-12/h3-10,18H,1-2H3. The molecule has 0 aliphatic heterocycles. The molecule has 2 rings (SSSR count). The Bertz CT molecular complexity index is 557. The van der Waals surface area contributed by atoms with Crippen molar-refractivity contribution in [1.82, 2.24) is 0 Å². The van der Waals surface area contributed by atoms with Crippen LogP contribution in [0.4, 0.5) is 10.1 Å². The SMILES string of the molecule is COc1ccc(NC(C)c2ccc(F)c(Cl)c2)cc1. The molecule has 100 valence electrons. The maximum absolute atomic E-state index is 13.1. The van der Waals surface area contributed by atoms with Gasteiger partial charge in [0.05, 0.1) is 12.1 Å². The van der Waals surface area contributed by atoms with Gasteiger partial charge in [0.15, 0.2) is 0 Å². The highest BCUT2D eigenvalue weighted by molar-refractivity contribution is 6.30. The Morgan fingerprint density at radius 2 is 1.84 bits per heavy atom. The van der Waals surface area contributed by atoms with Gasteiger partial charge in [-0.3, -0.25) is 0 Å². The molecule has 2 aromatic rings. The van der Waals surface area contributed by atoms with E-state index in [1.165, 1.54) is 6.07 Å². The summed E-state index contributed by atoms with van der Waals surface area (Å²) in [5, 5.41) is 3.46. The normalized spacial score (nSPS) is 12.0. The third kappa shape index (κ3) is 3.38. The van der Waals surface area contributed by atoms with Gasteiger partial charge in [0.25, 0.3) is 0 Å². The van der Waals surface area contributed by atoms with Crippen molar-refractivity contribution in [1.29, 1.82) is 0 Å². The van der Waals surface area contributed by atoms with Crippen LogP contribution in [-0.2, 0) is 0 Å².